The summed E-state index contributed by atoms with van der Waals surface area (Å²) in [5.41, 5.74) is 0.940. The van der Waals surface area contributed by atoms with Crippen molar-refractivity contribution in [2.45, 2.75) is 28.9 Å². The standard InChI is InChI=1S/C21H23N3O5S3/c1-2-3-13-22-31(26,27)19-7-4-6-18(15-19)23-21(25)16-9-11-17(12-10-16)24-32(28,29)20-8-5-14-30-20/h4-12,14-15,22,24H,2-3,13H2,1H3,(H,23,25). The van der Waals surface area contributed by atoms with Gasteiger partial charge in [-0.3, -0.25) is 9.52 Å². The monoisotopic (exact) mass is 493 g/mol. The number of nitrogens with one attached hydrogen (secondary N) is 3. The Hall–Kier alpha value is -2.73. The molecule has 3 N–H and O–H groups in total. The minimum Gasteiger partial charge on any atom is -0.322 e. The quantitative estimate of drug-likeness (QED) is 0.370. The van der Waals surface area contributed by atoms with Gasteiger partial charge >= 0.3 is 0 Å². The highest BCUT2D eigenvalue weighted by molar-refractivity contribution is 7.94. The highest BCUT2D eigenvalue weighted by atomic mass is 32.2. The van der Waals surface area contributed by atoms with Crippen molar-refractivity contribution in [2.24, 2.45) is 0 Å². The maximum absolute atomic E-state index is 12.6. The molecule has 0 aliphatic rings. The van der Waals surface area contributed by atoms with E-state index in [1.165, 1.54) is 42.5 Å². The number of carbonyl (C=O) groups excluding carboxylic acids is 1. The minimum atomic E-state index is -3.67. The lowest BCUT2D eigenvalue weighted by atomic mass is 10.2. The van der Waals surface area contributed by atoms with Gasteiger partial charge in [0.1, 0.15) is 4.21 Å². The van der Waals surface area contributed by atoms with E-state index < -0.39 is 26.0 Å². The predicted octanol–water partition coefficient (Wildman–Crippen LogP) is 3.88. The van der Waals surface area contributed by atoms with Gasteiger partial charge in [-0.05, 0) is 60.3 Å². The number of thiophene rings is 1. The van der Waals surface area contributed by atoms with Crippen molar-refractivity contribution in [2.75, 3.05) is 16.6 Å². The van der Waals surface area contributed by atoms with Crippen LogP contribution in [0.4, 0.5) is 11.4 Å². The lowest BCUT2D eigenvalue weighted by molar-refractivity contribution is 0.102. The molecule has 170 valence electrons. The first-order valence-corrected chi connectivity index (χ1v) is 13.6. The second kappa shape index (κ2) is 10.3. The van der Waals surface area contributed by atoms with Gasteiger partial charge < -0.3 is 5.32 Å². The molecule has 0 atom stereocenters. The first-order chi connectivity index (χ1) is 15.2. The van der Waals surface area contributed by atoms with Gasteiger partial charge in [0.05, 0.1) is 4.90 Å². The zero-order chi connectivity index (χ0) is 23.2. The Bertz CT molecular complexity index is 1270. The van der Waals surface area contributed by atoms with Gasteiger partial charge in [0.25, 0.3) is 15.9 Å². The van der Waals surface area contributed by atoms with E-state index in [9.17, 15) is 21.6 Å². The zero-order valence-corrected chi connectivity index (χ0v) is 19.7. The van der Waals surface area contributed by atoms with E-state index >= 15 is 0 Å². The van der Waals surface area contributed by atoms with Gasteiger partial charge in [-0.1, -0.05) is 25.5 Å². The summed E-state index contributed by atoms with van der Waals surface area (Å²) in [6, 6.07) is 15.1. The fraction of sp³-hybridized carbons (Fsp3) is 0.190. The van der Waals surface area contributed by atoms with E-state index in [0.29, 0.717) is 23.5 Å². The Morgan fingerprint density at radius 2 is 1.66 bits per heavy atom. The molecular weight excluding hydrogens is 470 g/mol. The topological polar surface area (TPSA) is 121 Å². The molecule has 1 aromatic heterocycles. The maximum Gasteiger partial charge on any atom is 0.271 e. The first kappa shape index (κ1) is 23.9. The van der Waals surface area contributed by atoms with E-state index in [0.717, 1.165) is 24.2 Å². The lowest BCUT2D eigenvalue weighted by Gasteiger charge is -2.10. The van der Waals surface area contributed by atoms with Crippen LogP contribution in [0.5, 0.6) is 0 Å². The third kappa shape index (κ3) is 6.16. The molecule has 0 aliphatic carbocycles. The molecule has 0 radical (unpaired) electrons. The van der Waals surface area contributed by atoms with Gasteiger partial charge in [-0.25, -0.2) is 21.6 Å². The van der Waals surface area contributed by atoms with Crippen LogP contribution >= 0.6 is 11.3 Å². The Morgan fingerprint density at radius 1 is 0.906 bits per heavy atom. The molecule has 0 unspecified atom stereocenters. The fourth-order valence-electron chi connectivity index (χ4n) is 2.72. The molecular formula is C21H23N3O5S3. The summed E-state index contributed by atoms with van der Waals surface area (Å²) in [6.45, 7) is 2.31. The average molecular weight is 494 g/mol. The Labute approximate surface area is 191 Å². The van der Waals surface area contributed by atoms with Crippen LogP contribution in [0.15, 0.2) is 75.1 Å². The SMILES string of the molecule is CCCCNS(=O)(=O)c1cccc(NC(=O)c2ccc(NS(=O)(=O)c3cccs3)cc2)c1. The van der Waals surface area contributed by atoms with Crippen LogP contribution in [0.1, 0.15) is 30.1 Å². The van der Waals surface area contributed by atoms with Crippen molar-refractivity contribution in [3.63, 3.8) is 0 Å². The fourth-order valence-corrected chi connectivity index (χ4v) is 5.89. The van der Waals surface area contributed by atoms with Gasteiger partial charge in [-0.2, -0.15) is 0 Å². The highest BCUT2D eigenvalue weighted by Crippen LogP contribution is 2.21. The summed E-state index contributed by atoms with van der Waals surface area (Å²) in [5, 5.41) is 4.33. The minimum absolute atomic E-state index is 0.0599. The largest absolute Gasteiger partial charge is 0.322 e. The van der Waals surface area contributed by atoms with Crippen molar-refractivity contribution in [1.29, 1.82) is 0 Å². The van der Waals surface area contributed by atoms with E-state index in [1.54, 1.807) is 23.6 Å². The summed E-state index contributed by atoms with van der Waals surface area (Å²) in [4.78, 5) is 12.6. The maximum atomic E-state index is 12.6. The molecule has 0 saturated carbocycles. The van der Waals surface area contributed by atoms with E-state index in [-0.39, 0.29) is 9.10 Å². The molecule has 2 aromatic carbocycles. The van der Waals surface area contributed by atoms with Gasteiger partial charge in [-0.15, -0.1) is 11.3 Å². The number of hydrogen-bond acceptors (Lipinski definition) is 6. The lowest BCUT2D eigenvalue weighted by Crippen LogP contribution is -2.24. The van der Waals surface area contributed by atoms with E-state index in [4.69, 9.17) is 0 Å². The molecule has 0 saturated heterocycles. The van der Waals surface area contributed by atoms with E-state index in [2.05, 4.69) is 14.8 Å². The number of hydrogen-bond donors (Lipinski definition) is 3. The van der Waals surface area contributed by atoms with Crippen LogP contribution < -0.4 is 14.8 Å². The Morgan fingerprint density at radius 3 is 2.31 bits per heavy atom. The number of benzene rings is 2. The van der Waals surface area contributed by atoms with Crippen molar-refractivity contribution in [1.82, 2.24) is 4.72 Å². The van der Waals surface area contributed by atoms with Crippen molar-refractivity contribution in [3.05, 3.63) is 71.6 Å². The Kier molecular flexibility index (Phi) is 7.67. The number of unbranched alkanes of at least 4 members (excludes halogenated alkanes) is 1. The van der Waals surface area contributed by atoms with Crippen LogP contribution in [-0.2, 0) is 20.0 Å². The summed E-state index contributed by atoms with van der Waals surface area (Å²) >= 11 is 1.10. The molecule has 8 nitrogen and oxygen atoms in total. The van der Waals surface area contributed by atoms with Crippen molar-refractivity contribution >= 4 is 48.7 Å². The molecule has 11 heteroatoms. The zero-order valence-electron chi connectivity index (χ0n) is 17.2. The molecule has 1 heterocycles. The summed E-state index contributed by atoms with van der Waals surface area (Å²) in [5.74, 6) is -0.453. The van der Waals surface area contributed by atoms with Crippen molar-refractivity contribution in [3.8, 4) is 0 Å². The first-order valence-electron chi connectivity index (χ1n) is 9.79. The third-order valence-electron chi connectivity index (χ3n) is 4.38. The average Bonchev–Trinajstić information content (AvgIpc) is 3.30. The molecule has 3 aromatic rings. The number of amides is 1. The van der Waals surface area contributed by atoms with E-state index in [1.807, 2.05) is 6.92 Å². The predicted molar refractivity (Wildman–Crippen MR) is 126 cm³/mol. The summed E-state index contributed by atoms with van der Waals surface area (Å²) < 4.78 is 54.5. The summed E-state index contributed by atoms with van der Waals surface area (Å²) in [6.07, 6.45) is 1.60. The summed E-state index contributed by atoms with van der Waals surface area (Å²) in [7, 11) is -7.34. The van der Waals surface area contributed by atoms with Gasteiger partial charge in [0.2, 0.25) is 10.0 Å². The normalized spacial score (nSPS) is 11.8. The van der Waals surface area contributed by atoms with Crippen LogP contribution in [0.2, 0.25) is 0 Å². The van der Waals surface area contributed by atoms with Crippen molar-refractivity contribution < 1.29 is 21.6 Å². The van der Waals surface area contributed by atoms with Crippen LogP contribution in [0.3, 0.4) is 0 Å². The van der Waals surface area contributed by atoms with Crippen LogP contribution in [-0.4, -0.2) is 29.3 Å². The number of anilines is 2. The van der Waals surface area contributed by atoms with Gasteiger partial charge in [0, 0.05) is 23.5 Å². The molecule has 32 heavy (non-hydrogen) atoms. The second-order valence-electron chi connectivity index (χ2n) is 6.85. The molecule has 0 fully saturated rings. The Balaban J connectivity index is 1.67. The van der Waals surface area contributed by atoms with Crippen LogP contribution in [0.25, 0.3) is 0 Å². The molecule has 0 bridgehead atoms. The molecule has 0 aliphatic heterocycles. The number of rotatable bonds is 10. The number of sulfonamides is 2. The molecule has 3 rings (SSSR count). The highest BCUT2D eigenvalue weighted by Gasteiger charge is 2.16. The smallest absolute Gasteiger partial charge is 0.271 e. The number of carbonyl (C=O) groups is 1. The molecule has 0 spiro atoms. The second-order valence-corrected chi connectivity index (χ2v) is 11.5. The molecule has 1 amide bonds. The van der Waals surface area contributed by atoms with Crippen LogP contribution in [0, 0.1) is 0 Å². The van der Waals surface area contributed by atoms with Gasteiger partial charge in [0.15, 0.2) is 0 Å². The third-order valence-corrected chi connectivity index (χ3v) is 8.62.